The van der Waals surface area contributed by atoms with E-state index in [1.807, 2.05) is 6.08 Å². The number of hydrogen-bond acceptors (Lipinski definition) is 9. The summed E-state index contributed by atoms with van der Waals surface area (Å²) in [5.74, 6) is -0.624. The van der Waals surface area contributed by atoms with Crippen LogP contribution in [0.3, 0.4) is 0 Å². The molecule has 0 aromatic rings. The summed E-state index contributed by atoms with van der Waals surface area (Å²) >= 11 is 0. The second-order valence-electron chi connectivity index (χ2n) is 16.7. The third-order valence-corrected chi connectivity index (χ3v) is 11.4. The monoisotopic (exact) mass is 812 g/mol. The van der Waals surface area contributed by atoms with Gasteiger partial charge in [0, 0.05) is 0 Å². The molecule has 10 heteroatoms. The number of aliphatic hydroxyl groups excluding tert-OH is 6. The van der Waals surface area contributed by atoms with Gasteiger partial charge in [-0.15, -0.1) is 0 Å². The van der Waals surface area contributed by atoms with Gasteiger partial charge in [-0.2, -0.15) is 0 Å². The van der Waals surface area contributed by atoms with E-state index in [4.69, 9.17) is 9.47 Å². The zero-order valence-corrected chi connectivity index (χ0v) is 36.5. The lowest BCUT2D eigenvalue weighted by molar-refractivity contribution is -0.302. The Bertz CT molecular complexity index is 963. The van der Waals surface area contributed by atoms with Crippen LogP contribution in [0.2, 0.25) is 0 Å². The lowest BCUT2D eigenvalue weighted by atomic mass is 9.99. The van der Waals surface area contributed by atoms with Crippen molar-refractivity contribution >= 4 is 5.91 Å². The van der Waals surface area contributed by atoms with Crippen LogP contribution in [0.25, 0.3) is 0 Å². The van der Waals surface area contributed by atoms with E-state index >= 15 is 0 Å². The molecule has 1 fully saturated rings. The topological polar surface area (TPSA) is 169 Å². The molecule has 1 aliphatic rings. The fourth-order valence-corrected chi connectivity index (χ4v) is 7.47. The molecule has 1 saturated heterocycles. The first-order valence-corrected chi connectivity index (χ1v) is 23.7. The van der Waals surface area contributed by atoms with Gasteiger partial charge in [-0.3, -0.25) is 4.79 Å². The van der Waals surface area contributed by atoms with E-state index in [1.165, 1.54) is 141 Å². The van der Waals surface area contributed by atoms with Gasteiger partial charge >= 0.3 is 0 Å². The molecule has 336 valence electrons. The average Bonchev–Trinajstić information content (AvgIpc) is 3.21. The fraction of sp³-hybridized carbons (Fsp3) is 0.894. The first-order chi connectivity index (χ1) is 27.8. The molecule has 0 aromatic carbocycles. The molecular weight excluding hydrogens is 723 g/mol. The quantitative estimate of drug-likeness (QED) is 0.0237. The second kappa shape index (κ2) is 37.6. The van der Waals surface area contributed by atoms with Gasteiger partial charge < -0.3 is 45.4 Å². The van der Waals surface area contributed by atoms with Crippen molar-refractivity contribution in [2.45, 2.75) is 255 Å². The Hall–Kier alpha value is -1.37. The summed E-state index contributed by atoms with van der Waals surface area (Å²) in [5, 5.41) is 64.6. The number of carbonyl (C=O) groups excluding carboxylic acids is 1. The number of rotatable bonds is 39. The number of aliphatic hydroxyl groups is 6. The SMILES string of the molecule is CCCCCCCCCC/C=C/CC/C=C/C(O)C(COC1OC(CO)C(O)C(O)C1O)NC(=O)C(O)CCCCCCCCCCCCCCCCCCCC. The maximum absolute atomic E-state index is 13.0. The van der Waals surface area contributed by atoms with Gasteiger partial charge in [0.1, 0.15) is 30.5 Å². The van der Waals surface area contributed by atoms with E-state index in [-0.39, 0.29) is 6.61 Å². The van der Waals surface area contributed by atoms with Gasteiger partial charge in [0.2, 0.25) is 5.91 Å². The standard InChI is InChI=1S/C47H89NO9/c1-3-5-7-9-11-13-15-17-19-20-21-22-24-26-28-30-32-34-36-41(51)46(55)48-39(38-56-47-45(54)44(53)43(52)42(37-49)57-47)40(50)35-33-31-29-27-25-23-18-16-14-12-10-8-6-4-2/h25,27,33,35,39-45,47,49-54H,3-24,26,28-32,34,36-38H2,1-2H3,(H,48,55)/b27-25+,35-33+. The van der Waals surface area contributed by atoms with E-state index in [0.717, 1.165) is 32.1 Å². The van der Waals surface area contributed by atoms with E-state index in [1.54, 1.807) is 6.08 Å². The van der Waals surface area contributed by atoms with E-state index in [0.29, 0.717) is 19.3 Å². The lowest BCUT2D eigenvalue weighted by Gasteiger charge is -2.40. The number of allylic oxidation sites excluding steroid dienone is 3. The maximum atomic E-state index is 13.0. The molecule has 1 aliphatic heterocycles. The Labute approximate surface area is 348 Å². The van der Waals surface area contributed by atoms with Crippen molar-refractivity contribution in [3.63, 3.8) is 0 Å². The Morgan fingerprint density at radius 2 is 1.04 bits per heavy atom. The lowest BCUT2D eigenvalue weighted by Crippen LogP contribution is -2.60. The summed E-state index contributed by atoms with van der Waals surface area (Å²) < 4.78 is 11.1. The van der Waals surface area contributed by atoms with Crippen LogP contribution in [0.5, 0.6) is 0 Å². The average molecular weight is 812 g/mol. The van der Waals surface area contributed by atoms with Crippen molar-refractivity contribution in [1.82, 2.24) is 5.32 Å². The molecule has 57 heavy (non-hydrogen) atoms. The number of nitrogens with one attached hydrogen (secondary N) is 1. The molecule has 0 bridgehead atoms. The molecule has 7 N–H and O–H groups in total. The molecule has 8 unspecified atom stereocenters. The van der Waals surface area contributed by atoms with Crippen LogP contribution in [0, 0.1) is 0 Å². The van der Waals surface area contributed by atoms with Crippen LogP contribution in [0.4, 0.5) is 0 Å². The fourth-order valence-electron chi connectivity index (χ4n) is 7.47. The van der Waals surface area contributed by atoms with Gasteiger partial charge in [-0.1, -0.05) is 199 Å². The first-order valence-electron chi connectivity index (χ1n) is 23.7. The molecule has 0 spiro atoms. The molecule has 1 heterocycles. The van der Waals surface area contributed by atoms with Crippen molar-refractivity contribution in [2.75, 3.05) is 13.2 Å². The summed E-state index contributed by atoms with van der Waals surface area (Å²) in [6, 6.07) is -0.992. The van der Waals surface area contributed by atoms with Crippen LogP contribution >= 0.6 is 0 Å². The molecule has 0 saturated carbocycles. The number of ether oxygens (including phenoxy) is 2. The van der Waals surface area contributed by atoms with Gasteiger partial charge in [-0.25, -0.2) is 0 Å². The molecule has 1 amide bonds. The van der Waals surface area contributed by atoms with Crippen LogP contribution in [-0.2, 0) is 14.3 Å². The molecule has 0 radical (unpaired) electrons. The van der Waals surface area contributed by atoms with Gasteiger partial charge in [0.05, 0.1) is 25.4 Å². The number of carbonyl (C=O) groups is 1. The highest BCUT2D eigenvalue weighted by Gasteiger charge is 2.44. The summed E-state index contributed by atoms with van der Waals surface area (Å²) in [4.78, 5) is 13.0. The molecule has 10 nitrogen and oxygen atoms in total. The van der Waals surface area contributed by atoms with Crippen molar-refractivity contribution < 1.29 is 44.9 Å². The largest absolute Gasteiger partial charge is 0.394 e. The molecular formula is C47H89NO9. The van der Waals surface area contributed by atoms with Crippen LogP contribution in [-0.4, -0.2) is 98.7 Å². The molecule has 0 aliphatic carbocycles. The Morgan fingerprint density at radius 1 is 0.596 bits per heavy atom. The molecule has 0 aromatic heterocycles. The normalized spacial score (nSPS) is 21.7. The van der Waals surface area contributed by atoms with Crippen molar-refractivity contribution in [3.05, 3.63) is 24.3 Å². The van der Waals surface area contributed by atoms with Crippen LogP contribution in [0.15, 0.2) is 24.3 Å². The number of amides is 1. The van der Waals surface area contributed by atoms with E-state index in [2.05, 4.69) is 31.3 Å². The molecule has 1 rings (SSSR count). The summed E-state index contributed by atoms with van der Waals surface area (Å²) in [7, 11) is 0. The minimum Gasteiger partial charge on any atom is -0.394 e. The second-order valence-corrected chi connectivity index (χ2v) is 16.7. The third-order valence-electron chi connectivity index (χ3n) is 11.4. The van der Waals surface area contributed by atoms with Crippen molar-refractivity contribution in [3.8, 4) is 0 Å². The van der Waals surface area contributed by atoms with Crippen LogP contribution < -0.4 is 5.32 Å². The van der Waals surface area contributed by atoms with Gasteiger partial charge in [0.15, 0.2) is 6.29 Å². The van der Waals surface area contributed by atoms with Crippen LogP contribution in [0.1, 0.15) is 206 Å². The zero-order valence-electron chi connectivity index (χ0n) is 36.5. The highest BCUT2D eigenvalue weighted by molar-refractivity contribution is 5.80. The highest BCUT2D eigenvalue weighted by atomic mass is 16.7. The highest BCUT2D eigenvalue weighted by Crippen LogP contribution is 2.23. The maximum Gasteiger partial charge on any atom is 0.249 e. The predicted octanol–water partition coefficient (Wildman–Crippen LogP) is 8.86. The Balaban J connectivity index is 2.40. The van der Waals surface area contributed by atoms with Crippen molar-refractivity contribution in [2.24, 2.45) is 0 Å². The van der Waals surface area contributed by atoms with E-state index in [9.17, 15) is 35.4 Å². The Morgan fingerprint density at radius 3 is 1.53 bits per heavy atom. The van der Waals surface area contributed by atoms with Crippen molar-refractivity contribution in [1.29, 1.82) is 0 Å². The molecule has 8 atom stereocenters. The van der Waals surface area contributed by atoms with Gasteiger partial charge in [-0.05, 0) is 32.1 Å². The first kappa shape index (κ1) is 53.6. The minimum atomic E-state index is -1.61. The number of unbranched alkanes of at least 4 members (excludes halogenated alkanes) is 26. The van der Waals surface area contributed by atoms with E-state index < -0.39 is 61.5 Å². The number of hydrogen-bond donors (Lipinski definition) is 7. The van der Waals surface area contributed by atoms with Gasteiger partial charge in [0.25, 0.3) is 0 Å². The summed E-state index contributed by atoms with van der Waals surface area (Å²) in [6.45, 7) is 3.59. The summed E-state index contributed by atoms with van der Waals surface area (Å²) in [6.07, 6.45) is 34.1. The summed E-state index contributed by atoms with van der Waals surface area (Å²) in [5.41, 5.74) is 0. The predicted molar refractivity (Wildman–Crippen MR) is 232 cm³/mol. The Kier molecular flexibility index (Phi) is 35.4. The minimum absolute atomic E-state index is 0.308. The smallest absolute Gasteiger partial charge is 0.249 e. The zero-order chi connectivity index (χ0) is 41.8. The third kappa shape index (κ3) is 27.9.